The first-order chi connectivity index (χ1) is 9.78. The molecule has 2 aromatic rings. The highest BCUT2D eigenvalue weighted by molar-refractivity contribution is 5.33. The van der Waals surface area contributed by atoms with E-state index in [1.165, 1.54) is 0 Å². The van der Waals surface area contributed by atoms with Crippen molar-refractivity contribution in [2.45, 2.75) is 6.10 Å². The lowest BCUT2D eigenvalue weighted by Crippen LogP contribution is -2.40. The summed E-state index contributed by atoms with van der Waals surface area (Å²) in [4.78, 5) is 10.6. The number of nitrogens with zero attached hydrogens (tertiary/aromatic N) is 7. The predicted molar refractivity (Wildman–Crippen MR) is 68.3 cm³/mol. The summed E-state index contributed by atoms with van der Waals surface area (Å²) in [6.45, 7) is 1.88. The molecule has 9 nitrogen and oxygen atoms in total. The average Bonchev–Trinajstić information content (AvgIpc) is 2.94. The molecule has 1 atom stereocenters. The number of morpholine rings is 1. The number of aromatic nitrogens is 6. The molecule has 0 spiro atoms. The van der Waals surface area contributed by atoms with Crippen LogP contribution in [0.2, 0.25) is 0 Å². The second kappa shape index (κ2) is 5.37. The first kappa shape index (κ1) is 12.7. The Bertz CT molecular complexity index is 588. The van der Waals surface area contributed by atoms with E-state index in [9.17, 15) is 0 Å². The lowest BCUT2D eigenvalue weighted by atomic mass is 10.2. The van der Waals surface area contributed by atoms with Crippen molar-refractivity contribution >= 4 is 5.95 Å². The Balaban J connectivity index is 1.79. The average molecular weight is 277 g/mol. The number of tetrazole rings is 1. The molecule has 1 aliphatic rings. The summed E-state index contributed by atoms with van der Waals surface area (Å²) in [7, 11) is 3.37. The zero-order valence-electron chi connectivity index (χ0n) is 11.3. The van der Waals surface area contributed by atoms with Crippen LogP contribution in [-0.4, -0.2) is 57.0 Å². The Morgan fingerprint density at radius 1 is 1.45 bits per heavy atom. The number of aryl methyl sites for hydroxylation is 1. The van der Waals surface area contributed by atoms with Crippen molar-refractivity contribution in [2.24, 2.45) is 7.05 Å². The van der Waals surface area contributed by atoms with Gasteiger partial charge in [0.2, 0.25) is 11.8 Å². The monoisotopic (exact) mass is 277 g/mol. The molecule has 1 saturated heterocycles. The predicted octanol–water partition coefficient (Wildman–Crippen LogP) is -0.413. The van der Waals surface area contributed by atoms with E-state index in [-0.39, 0.29) is 6.10 Å². The third-order valence-electron chi connectivity index (χ3n) is 3.12. The van der Waals surface area contributed by atoms with Gasteiger partial charge in [0.25, 0.3) is 0 Å². The minimum Gasteiger partial charge on any atom is -0.481 e. The van der Waals surface area contributed by atoms with Crippen molar-refractivity contribution in [3.8, 4) is 5.88 Å². The highest BCUT2D eigenvalue weighted by Gasteiger charge is 2.27. The van der Waals surface area contributed by atoms with Gasteiger partial charge in [-0.1, -0.05) is 0 Å². The van der Waals surface area contributed by atoms with Crippen LogP contribution in [-0.2, 0) is 11.8 Å². The molecule has 2 aromatic heterocycles. The van der Waals surface area contributed by atoms with E-state index in [0.29, 0.717) is 30.8 Å². The van der Waals surface area contributed by atoms with Gasteiger partial charge in [-0.15, -0.1) is 5.10 Å². The molecule has 0 bridgehead atoms. The van der Waals surface area contributed by atoms with E-state index >= 15 is 0 Å². The van der Waals surface area contributed by atoms with Crippen molar-refractivity contribution in [1.82, 2.24) is 30.2 Å². The van der Waals surface area contributed by atoms with Crippen LogP contribution in [0.5, 0.6) is 5.88 Å². The summed E-state index contributed by atoms with van der Waals surface area (Å²) >= 11 is 0. The summed E-state index contributed by atoms with van der Waals surface area (Å²) in [5, 5.41) is 11.4. The third-order valence-corrected chi connectivity index (χ3v) is 3.12. The second-order valence-corrected chi connectivity index (χ2v) is 4.37. The summed E-state index contributed by atoms with van der Waals surface area (Å²) < 4.78 is 12.4. The van der Waals surface area contributed by atoms with E-state index in [4.69, 9.17) is 9.47 Å². The van der Waals surface area contributed by atoms with E-state index in [1.807, 2.05) is 4.90 Å². The molecule has 0 aromatic carbocycles. The van der Waals surface area contributed by atoms with Gasteiger partial charge in [-0.3, -0.25) is 0 Å². The largest absolute Gasteiger partial charge is 0.481 e. The van der Waals surface area contributed by atoms with Crippen LogP contribution in [0, 0.1) is 0 Å². The van der Waals surface area contributed by atoms with Crippen molar-refractivity contribution in [1.29, 1.82) is 0 Å². The molecule has 0 N–H and O–H groups in total. The van der Waals surface area contributed by atoms with Crippen molar-refractivity contribution < 1.29 is 9.47 Å². The summed E-state index contributed by atoms with van der Waals surface area (Å²) in [5.41, 5.74) is 0. The van der Waals surface area contributed by atoms with Gasteiger partial charge in [0.1, 0.15) is 6.10 Å². The second-order valence-electron chi connectivity index (χ2n) is 4.37. The van der Waals surface area contributed by atoms with Gasteiger partial charge < -0.3 is 14.4 Å². The van der Waals surface area contributed by atoms with Gasteiger partial charge in [0, 0.05) is 25.9 Å². The molecule has 0 radical (unpaired) electrons. The quantitative estimate of drug-likeness (QED) is 0.747. The zero-order chi connectivity index (χ0) is 13.9. The first-order valence-electron chi connectivity index (χ1n) is 6.24. The maximum atomic E-state index is 5.72. The van der Waals surface area contributed by atoms with Crippen molar-refractivity contribution in [2.75, 3.05) is 31.7 Å². The van der Waals surface area contributed by atoms with Crippen LogP contribution in [0.4, 0.5) is 5.95 Å². The van der Waals surface area contributed by atoms with Gasteiger partial charge in [0.05, 0.1) is 20.3 Å². The van der Waals surface area contributed by atoms with Crippen LogP contribution in [0.25, 0.3) is 0 Å². The van der Waals surface area contributed by atoms with Gasteiger partial charge in [0.15, 0.2) is 5.82 Å². The minimum atomic E-state index is -0.196. The molecule has 1 fully saturated rings. The van der Waals surface area contributed by atoms with E-state index < -0.39 is 0 Å². The van der Waals surface area contributed by atoms with Crippen molar-refractivity contribution in [3.05, 3.63) is 18.1 Å². The van der Waals surface area contributed by atoms with E-state index in [2.05, 4.69) is 25.5 Å². The number of rotatable bonds is 3. The molecule has 3 rings (SSSR count). The van der Waals surface area contributed by atoms with Gasteiger partial charge in [-0.2, -0.15) is 4.98 Å². The first-order valence-corrected chi connectivity index (χ1v) is 6.24. The highest BCUT2D eigenvalue weighted by Crippen LogP contribution is 2.22. The lowest BCUT2D eigenvalue weighted by molar-refractivity contribution is 0.0310. The number of anilines is 1. The summed E-state index contributed by atoms with van der Waals surface area (Å²) in [6.07, 6.45) is 1.48. The molecular formula is C11H15N7O2. The molecular weight excluding hydrogens is 262 g/mol. The number of hydrogen-bond donors (Lipinski definition) is 0. The van der Waals surface area contributed by atoms with E-state index in [1.54, 1.807) is 31.1 Å². The Labute approximate surface area is 115 Å². The van der Waals surface area contributed by atoms with E-state index in [0.717, 1.165) is 6.54 Å². The Morgan fingerprint density at radius 3 is 3.10 bits per heavy atom. The lowest BCUT2D eigenvalue weighted by Gasteiger charge is -2.31. The third kappa shape index (κ3) is 2.39. The van der Waals surface area contributed by atoms with Gasteiger partial charge in [-0.05, 0) is 10.4 Å². The zero-order valence-corrected chi connectivity index (χ0v) is 11.3. The summed E-state index contributed by atoms with van der Waals surface area (Å²) in [6, 6.07) is 1.72. The van der Waals surface area contributed by atoms with Crippen LogP contribution < -0.4 is 9.64 Å². The molecule has 0 saturated carbocycles. The molecule has 0 aliphatic carbocycles. The number of hydrogen-bond acceptors (Lipinski definition) is 8. The smallest absolute Gasteiger partial charge is 0.228 e. The molecule has 1 unspecified atom stereocenters. The summed E-state index contributed by atoms with van der Waals surface area (Å²) in [5.74, 6) is 1.85. The fraction of sp³-hybridized carbons (Fsp3) is 0.545. The fourth-order valence-electron chi connectivity index (χ4n) is 2.09. The molecule has 0 amide bonds. The highest BCUT2D eigenvalue weighted by atomic mass is 16.5. The van der Waals surface area contributed by atoms with Gasteiger partial charge in [-0.25, -0.2) is 9.67 Å². The van der Waals surface area contributed by atoms with Crippen molar-refractivity contribution in [3.63, 3.8) is 0 Å². The standard InChI is InChI=1S/C11H15N7O2/c1-17-10(14-15-16-17)8-7-18(5-6-20-8)11-12-4-3-9(13-11)19-2/h3-4,8H,5-7H2,1-2H3. The maximum absolute atomic E-state index is 5.72. The number of ether oxygens (including phenoxy) is 2. The fourth-order valence-corrected chi connectivity index (χ4v) is 2.09. The molecule has 9 heteroatoms. The Morgan fingerprint density at radius 2 is 2.35 bits per heavy atom. The molecule has 20 heavy (non-hydrogen) atoms. The van der Waals surface area contributed by atoms with Gasteiger partial charge >= 0.3 is 0 Å². The minimum absolute atomic E-state index is 0.196. The Kier molecular flexibility index (Phi) is 3.42. The topological polar surface area (TPSA) is 91.1 Å². The molecule has 3 heterocycles. The number of methoxy groups -OCH3 is 1. The van der Waals surface area contributed by atoms with Crippen LogP contribution in [0.15, 0.2) is 12.3 Å². The van der Waals surface area contributed by atoms with Crippen LogP contribution >= 0.6 is 0 Å². The SMILES string of the molecule is COc1ccnc(N2CCOC(c3nnnn3C)C2)n1. The molecule has 1 aliphatic heterocycles. The normalized spacial score (nSPS) is 19.1. The Hall–Kier alpha value is -2.29. The molecule has 106 valence electrons. The maximum Gasteiger partial charge on any atom is 0.228 e. The van der Waals surface area contributed by atoms with Crippen LogP contribution in [0.3, 0.4) is 0 Å². The van der Waals surface area contributed by atoms with Crippen LogP contribution in [0.1, 0.15) is 11.9 Å².